The monoisotopic (exact) mass is 1200 g/mol. The lowest BCUT2D eigenvalue weighted by molar-refractivity contribution is -0.152. The minimum absolute atomic E-state index is 0.00171. The van der Waals surface area contributed by atoms with E-state index in [9.17, 15) is 82.4 Å². The molecule has 6 rings (SSSR count). The van der Waals surface area contributed by atoms with Gasteiger partial charge in [0.15, 0.2) is 5.96 Å². The molecule has 30 nitrogen and oxygen atoms in total. The standard InChI is InChI=1S/C53H78N13O17P/c1-3-29(2)43(51(78)65-25-9-16-39(65)50(77)66-26-10-17-40(66)52(79)80)61-44(71)33(18-20-41(67)68)58-46(73)37-14-7-23-63(37)48(75)35(13-6-22-56-53(54)55)59-47(74)38-15-8-24-64(38)49(76)36(27-30-28-57-32-12-5-4-11-31(30)32)60-45(72)34(19-21-42(69)70)62-84(81,82)83/h4-5,11-12,28-29,33-40,43,57H,3,6-10,13-27H2,1-2H3,(H,58,73)(H,59,74)(H,60,72)(H,61,71)(H,67,68)(H,69,70)(H,79,80)(H4,54,55,56)(H3,62,81,82,83)/t29-,33-,34-,35-,36-,37-,38-,39-,40-,43-/m0/s1. The van der Waals surface area contributed by atoms with E-state index in [1.165, 1.54) is 19.6 Å². The summed E-state index contributed by atoms with van der Waals surface area (Å²) in [4.78, 5) is 182. The molecule has 0 unspecified atom stereocenters. The second-order valence-corrected chi connectivity index (χ2v) is 23.1. The lowest BCUT2D eigenvalue weighted by Gasteiger charge is -2.34. The first-order chi connectivity index (χ1) is 39.8. The number of para-hydroxylation sites is 1. The van der Waals surface area contributed by atoms with Crippen molar-refractivity contribution in [1.29, 1.82) is 0 Å². The lowest BCUT2D eigenvalue weighted by Crippen LogP contribution is -2.60. The van der Waals surface area contributed by atoms with Crippen molar-refractivity contribution in [2.75, 3.05) is 32.7 Å². The number of carbonyl (C=O) groups excluding carboxylic acids is 8. The summed E-state index contributed by atoms with van der Waals surface area (Å²) >= 11 is 0. The van der Waals surface area contributed by atoms with Gasteiger partial charge in [-0.15, -0.1) is 0 Å². The maximum absolute atomic E-state index is 14.8. The van der Waals surface area contributed by atoms with Gasteiger partial charge in [0.25, 0.3) is 0 Å². The van der Waals surface area contributed by atoms with Crippen molar-refractivity contribution in [1.82, 2.24) is 50.9 Å². The molecule has 0 spiro atoms. The van der Waals surface area contributed by atoms with Crippen LogP contribution in [0.4, 0.5) is 0 Å². The molecule has 4 aliphatic rings. The third-order valence-electron chi connectivity index (χ3n) is 15.9. The molecule has 15 N–H and O–H groups in total. The quantitative estimate of drug-likeness (QED) is 0.0192. The van der Waals surface area contributed by atoms with Crippen LogP contribution in [0.25, 0.3) is 10.9 Å². The number of aromatic nitrogens is 1. The third kappa shape index (κ3) is 17.2. The van der Waals surface area contributed by atoms with E-state index in [1.807, 2.05) is 5.09 Å². The van der Waals surface area contributed by atoms with Gasteiger partial charge in [0.2, 0.25) is 47.3 Å². The van der Waals surface area contributed by atoms with Crippen LogP contribution < -0.4 is 37.8 Å². The fourth-order valence-electron chi connectivity index (χ4n) is 11.4. The number of hydrogen-bond acceptors (Lipinski definition) is 13. The molecule has 462 valence electrons. The van der Waals surface area contributed by atoms with Gasteiger partial charge in [-0.05, 0) is 94.6 Å². The van der Waals surface area contributed by atoms with Gasteiger partial charge in [-0.1, -0.05) is 38.5 Å². The first-order valence-corrected chi connectivity index (χ1v) is 29.9. The highest BCUT2D eigenvalue weighted by Crippen LogP contribution is 2.31. The maximum atomic E-state index is 14.8. The molecule has 2 aromatic rings. The summed E-state index contributed by atoms with van der Waals surface area (Å²) in [5.41, 5.74) is 12.4. The van der Waals surface area contributed by atoms with Crippen LogP contribution >= 0.6 is 7.75 Å². The van der Waals surface area contributed by atoms with Crippen LogP contribution in [0, 0.1) is 5.92 Å². The number of carbonyl (C=O) groups is 11. The van der Waals surface area contributed by atoms with Gasteiger partial charge in [-0.3, -0.25) is 52.9 Å². The highest BCUT2D eigenvalue weighted by atomic mass is 31.2. The topological polar surface area (TPSA) is 459 Å². The molecule has 10 atom stereocenters. The Bertz CT molecular complexity index is 2860. The van der Waals surface area contributed by atoms with E-state index in [0.29, 0.717) is 35.7 Å². The maximum Gasteiger partial charge on any atom is 0.401 e. The van der Waals surface area contributed by atoms with E-state index < -0.39 is 159 Å². The molecule has 4 aliphatic heterocycles. The zero-order chi connectivity index (χ0) is 61.6. The van der Waals surface area contributed by atoms with E-state index >= 15 is 0 Å². The first-order valence-electron chi connectivity index (χ1n) is 28.3. The van der Waals surface area contributed by atoms with Gasteiger partial charge < -0.3 is 82.4 Å². The van der Waals surface area contributed by atoms with E-state index in [4.69, 9.17) is 11.5 Å². The molecule has 0 bridgehead atoms. The van der Waals surface area contributed by atoms with Crippen LogP contribution in [-0.4, -0.2) is 208 Å². The normalized spacial score (nSPS) is 21.0. The third-order valence-corrected chi connectivity index (χ3v) is 16.6. The molecule has 1 aromatic carbocycles. The number of H-pyrrole nitrogens is 1. The Kier molecular flexibility index (Phi) is 23.2. The number of nitrogens with zero attached hydrogens (tertiary/aromatic N) is 5. The summed E-state index contributed by atoms with van der Waals surface area (Å²) in [5, 5.41) is 41.9. The fraction of sp³-hybridized carbons (Fsp3) is 0.623. The Labute approximate surface area is 483 Å². The zero-order valence-corrected chi connectivity index (χ0v) is 47.9. The number of carboxylic acid groups (broad SMARTS) is 3. The average molecular weight is 1200 g/mol. The minimum Gasteiger partial charge on any atom is -0.481 e. The number of nitrogens with two attached hydrogens (primary N) is 2. The van der Waals surface area contributed by atoms with Crippen molar-refractivity contribution in [3.63, 3.8) is 0 Å². The van der Waals surface area contributed by atoms with Gasteiger partial charge in [0.05, 0.1) is 6.04 Å². The number of benzene rings is 1. The average Bonchev–Trinajstić information content (AvgIpc) is 3.86. The molecule has 5 heterocycles. The van der Waals surface area contributed by atoms with Gasteiger partial charge in [-0.25, -0.2) is 14.4 Å². The smallest absolute Gasteiger partial charge is 0.401 e. The lowest BCUT2D eigenvalue weighted by atomic mass is 9.96. The van der Waals surface area contributed by atoms with Crippen LogP contribution in [0.1, 0.15) is 116 Å². The molecule has 1 aromatic heterocycles. The Hall–Kier alpha value is -7.69. The number of carboxylic acids is 3. The van der Waals surface area contributed by atoms with Crippen molar-refractivity contribution in [3.05, 3.63) is 36.0 Å². The molecule has 0 saturated carbocycles. The van der Waals surface area contributed by atoms with Gasteiger partial charge in [0, 0.05) is 69.1 Å². The highest BCUT2D eigenvalue weighted by molar-refractivity contribution is 7.49. The number of guanidine groups is 1. The number of aliphatic imine (C=N–C) groups is 1. The van der Waals surface area contributed by atoms with Crippen molar-refractivity contribution < 1.29 is 82.4 Å². The molecule has 84 heavy (non-hydrogen) atoms. The summed E-state index contributed by atoms with van der Waals surface area (Å²) in [6.07, 6.45) is 1.70. The summed E-state index contributed by atoms with van der Waals surface area (Å²) in [5.74, 6) is -10.9. The second-order valence-electron chi connectivity index (χ2n) is 21.8. The van der Waals surface area contributed by atoms with Gasteiger partial charge in [0.1, 0.15) is 48.3 Å². The Balaban J connectivity index is 1.20. The van der Waals surface area contributed by atoms with E-state index in [2.05, 4.69) is 31.2 Å². The number of aromatic amines is 1. The summed E-state index contributed by atoms with van der Waals surface area (Å²) in [6.45, 7) is 3.84. The molecular formula is C53H78N13O17P. The predicted molar refractivity (Wildman–Crippen MR) is 298 cm³/mol. The van der Waals surface area contributed by atoms with Gasteiger partial charge in [-0.2, -0.15) is 0 Å². The minimum atomic E-state index is -5.13. The first kappa shape index (κ1) is 65.5. The van der Waals surface area contributed by atoms with E-state index in [-0.39, 0.29) is 96.5 Å². The Morgan fingerprint density at radius 2 is 1.17 bits per heavy atom. The van der Waals surface area contributed by atoms with Crippen LogP contribution in [0.2, 0.25) is 0 Å². The van der Waals surface area contributed by atoms with E-state index in [1.54, 1.807) is 44.3 Å². The molecular weight excluding hydrogens is 1120 g/mol. The largest absolute Gasteiger partial charge is 0.481 e. The zero-order valence-electron chi connectivity index (χ0n) is 47.0. The van der Waals surface area contributed by atoms with Crippen LogP contribution in [0.15, 0.2) is 35.5 Å². The second kappa shape index (κ2) is 29.7. The summed E-state index contributed by atoms with van der Waals surface area (Å²) < 4.78 is 12.0. The molecule has 0 aliphatic carbocycles. The number of fused-ring (bicyclic) bond motifs is 1. The van der Waals surface area contributed by atoms with Crippen LogP contribution in [-0.2, 0) is 63.7 Å². The number of hydrogen-bond donors (Lipinski definition) is 13. The van der Waals surface area contributed by atoms with Crippen molar-refractivity contribution >= 4 is 89.8 Å². The molecule has 31 heteroatoms. The number of amides is 8. The summed E-state index contributed by atoms with van der Waals surface area (Å²) in [7, 11) is -5.13. The van der Waals surface area contributed by atoms with Crippen LogP contribution in [0.5, 0.6) is 0 Å². The van der Waals surface area contributed by atoms with Crippen LogP contribution in [0.3, 0.4) is 0 Å². The van der Waals surface area contributed by atoms with Gasteiger partial charge >= 0.3 is 25.7 Å². The molecule has 4 saturated heterocycles. The number of likely N-dealkylation sites (tertiary alicyclic amines) is 4. The number of nitrogens with one attached hydrogen (secondary N) is 6. The molecule has 4 fully saturated rings. The number of aliphatic carboxylic acids is 3. The van der Waals surface area contributed by atoms with Crippen molar-refractivity contribution in [3.8, 4) is 0 Å². The van der Waals surface area contributed by atoms with Crippen molar-refractivity contribution in [2.45, 2.75) is 171 Å². The Morgan fingerprint density at radius 1 is 0.655 bits per heavy atom. The predicted octanol–water partition coefficient (Wildman–Crippen LogP) is -1.42. The Morgan fingerprint density at radius 3 is 1.73 bits per heavy atom. The van der Waals surface area contributed by atoms with Crippen molar-refractivity contribution in [2.24, 2.45) is 22.4 Å². The van der Waals surface area contributed by atoms with E-state index in [0.717, 1.165) is 0 Å². The summed E-state index contributed by atoms with van der Waals surface area (Å²) in [6, 6.07) is -4.89. The number of rotatable bonds is 29. The SMILES string of the molecule is CC[C@H](C)[C@H](NC(=O)[C@H](CCC(=O)O)NC(=O)[C@@H]1CCCN1C(=O)[C@H](CCCN=C(N)N)NC(=O)[C@@H]1CCCN1C(=O)[C@H](Cc1c[nH]c2ccccc12)NC(=O)[C@H](CCC(=O)O)NP(=O)(O)O)C(=O)N1CCC[C@H]1C(=O)N1CCC[C@H]1C(=O)O. The fourth-order valence-corrected chi connectivity index (χ4v) is 12.1. The molecule has 8 amide bonds. The highest BCUT2D eigenvalue weighted by Gasteiger charge is 2.46. The molecule has 0 radical (unpaired) electrons.